The van der Waals surface area contributed by atoms with Gasteiger partial charge in [-0.25, -0.2) is 0 Å². The van der Waals surface area contributed by atoms with Crippen molar-refractivity contribution in [1.29, 1.82) is 0 Å². The Balaban J connectivity index is 0.0000000999. The fourth-order valence-corrected chi connectivity index (χ4v) is 18.7. The third-order valence-electron chi connectivity index (χ3n) is 20.8. The van der Waals surface area contributed by atoms with Gasteiger partial charge in [-0.1, -0.05) is 319 Å². The van der Waals surface area contributed by atoms with Crippen molar-refractivity contribution >= 4 is 194 Å². The molecule has 0 radical (unpaired) electrons. The van der Waals surface area contributed by atoms with Crippen LogP contribution in [0.4, 0.5) is 11.4 Å². The van der Waals surface area contributed by atoms with Crippen LogP contribution in [0.15, 0.2) is 376 Å². The molecule has 3 aromatic heterocycles. The fraction of sp³-hybridized carbons (Fsp3) is 0.0103. The Morgan fingerprint density at radius 1 is 0.315 bits per heavy atom. The first-order chi connectivity index (χ1) is 54.5. The summed E-state index contributed by atoms with van der Waals surface area (Å²) in [6, 6.07) is 121. The van der Waals surface area contributed by atoms with E-state index in [4.69, 9.17) is 23.3 Å². The van der Waals surface area contributed by atoms with Gasteiger partial charge >= 0.3 is 7.12 Å². The van der Waals surface area contributed by atoms with Gasteiger partial charge in [0.15, 0.2) is 0 Å². The Bertz CT molecular complexity index is 7120. The van der Waals surface area contributed by atoms with Crippen molar-refractivity contribution in [2.75, 3.05) is 0 Å². The van der Waals surface area contributed by atoms with Crippen LogP contribution in [0, 0.1) is 20.2 Å². The number of furan rings is 3. The second-order valence-electron chi connectivity index (χ2n) is 27.1. The van der Waals surface area contributed by atoms with Crippen LogP contribution < -0.4 is 21.4 Å². The molecule has 21 aromatic rings. The van der Waals surface area contributed by atoms with E-state index < -0.39 is 20.0 Å². The van der Waals surface area contributed by atoms with Crippen LogP contribution in [0.5, 0.6) is 0 Å². The number of rotatable bonds is 7. The van der Waals surface area contributed by atoms with E-state index in [2.05, 4.69) is 271 Å². The Morgan fingerprint density at radius 2 is 0.685 bits per heavy atom. The van der Waals surface area contributed by atoms with Crippen LogP contribution in [0.25, 0.3) is 153 Å². The lowest BCUT2D eigenvalue weighted by Crippen LogP contribution is -2.31. The quantitative estimate of drug-likeness (QED) is 0.0519. The zero-order chi connectivity index (χ0) is 75.2. The number of nitrogens with zero attached hydrogens (tertiary/aromatic N) is 2. The number of nitro groups is 2. The maximum atomic E-state index is 11.6. The first-order valence-electron chi connectivity index (χ1n) is 36.3. The maximum absolute atomic E-state index is 11.6. The van der Waals surface area contributed by atoms with Gasteiger partial charge in [0.2, 0.25) is 0 Å². The largest absolute Gasteiger partial charge is 0.495 e. The van der Waals surface area contributed by atoms with E-state index in [9.17, 15) is 20.2 Å². The van der Waals surface area contributed by atoms with Crippen LogP contribution in [0.3, 0.4) is 0 Å². The Labute approximate surface area is 645 Å². The van der Waals surface area contributed by atoms with E-state index in [1.165, 1.54) is 127 Å². The summed E-state index contributed by atoms with van der Waals surface area (Å²) >= 11 is 3.60. The molecule has 3 heterocycles. The molecule has 0 saturated carbocycles. The molecule has 18 aromatic carbocycles. The fourth-order valence-electron chi connectivity index (χ4n) is 16.0. The van der Waals surface area contributed by atoms with Crippen molar-refractivity contribution in [3.63, 3.8) is 0 Å². The number of hydrogen-bond donors (Lipinski definition) is 2. The molecule has 111 heavy (non-hydrogen) atoms. The highest BCUT2D eigenvalue weighted by atomic mass is 79.9. The van der Waals surface area contributed by atoms with Crippen LogP contribution in [0.2, 0.25) is 0 Å². The lowest BCUT2D eigenvalue weighted by Gasteiger charge is -2.18. The molecule has 0 amide bonds. The number of hydrogen-bond acceptors (Lipinski definition) is 9. The van der Waals surface area contributed by atoms with Crippen molar-refractivity contribution in [3.8, 4) is 22.3 Å². The van der Waals surface area contributed by atoms with Crippen LogP contribution in [0.1, 0.15) is 11.1 Å². The number of fused-ring (bicyclic) bond motifs is 28. The van der Waals surface area contributed by atoms with Crippen molar-refractivity contribution in [2.24, 2.45) is 0 Å². The van der Waals surface area contributed by atoms with E-state index in [0.29, 0.717) is 5.56 Å². The number of benzene rings is 18. The predicted octanol–water partition coefficient (Wildman–Crippen LogP) is 24.3. The van der Waals surface area contributed by atoms with E-state index >= 15 is 0 Å². The topological polar surface area (TPSA) is 166 Å². The van der Waals surface area contributed by atoms with Crippen molar-refractivity contribution < 1.29 is 33.1 Å². The van der Waals surface area contributed by atoms with Crippen LogP contribution in [-0.2, 0) is 6.42 Å². The summed E-state index contributed by atoms with van der Waals surface area (Å²) in [6.45, 7) is 0. The van der Waals surface area contributed by atoms with Crippen molar-refractivity contribution in [2.45, 2.75) is 6.42 Å². The molecule has 0 aliphatic heterocycles. The smallest absolute Gasteiger partial charge is 0.455 e. The van der Waals surface area contributed by atoms with Gasteiger partial charge in [0.25, 0.3) is 11.4 Å². The third-order valence-corrected chi connectivity index (χ3v) is 23.8. The third kappa shape index (κ3) is 12.7. The molecule has 0 unspecified atom stereocenters. The Hall–Kier alpha value is -13.4. The first kappa shape index (κ1) is 69.4. The zero-order valence-electron chi connectivity index (χ0n) is 59.3. The number of halogens is 1. The molecule has 1 aliphatic rings. The van der Waals surface area contributed by atoms with Crippen LogP contribution in [-0.4, -0.2) is 27.0 Å². The van der Waals surface area contributed by atoms with Crippen LogP contribution >= 0.6 is 23.9 Å². The summed E-state index contributed by atoms with van der Waals surface area (Å²) in [5.41, 5.74) is 12.4. The van der Waals surface area contributed by atoms with Gasteiger partial charge in [0, 0.05) is 65.1 Å². The highest BCUT2D eigenvalue weighted by Gasteiger charge is 2.27. The molecule has 0 saturated heterocycles. The van der Waals surface area contributed by atoms with E-state index in [1.807, 2.05) is 60.7 Å². The molecular formula is C97H63BBrN2O9P. The number of nitro benzene ring substituents is 2. The number of para-hydroxylation sites is 5. The average Bonchev–Trinajstić information content (AvgIpc) is 1.60. The molecule has 22 rings (SSSR count). The standard InChI is InChI=1S/C27H16O.C26H15NO3.C20H11BrO.C18H15P.C6H6BNO4/c1-2-8-17-16(7-1)15-23-18(17)13-14-22-25(23)19-9-3-4-10-20(19)27-26(22)21-11-5-6-12-24(21)28-27;28-27(29)23-11-5-3-7-17(23)16-13-14-19-22(15-16)18-8-1-2-9-20(18)26-25(19)21-10-4-6-12-24(21)30-26;21-12-9-10-14-17(11-12)13-5-1-2-6-15(13)20-19(14)16-7-3-4-8-18(16)22-20;1-4-10-16(11-5-1)19(17-12-6-2-7-13-17)18-14-8-3-9-15-18;9-7(10)5-3-1-2-4-6(5)8(11)12/h1-14H,15H2;1-15H;1-11H;1-15H;1-4,9-10H. The monoisotopic (exact) mass is 1520 g/mol. The van der Waals surface area contributed by atoms with Gasteiger partial charge in [0.05, 0.1) is 20.9 Å². The van der Waals surface area contributed by atoms with Gasteiger partial charge in [-0.05, 0) is 149 Å². The predicted molar refractivity (Wildman–Crippen MR) is 462 cm³/mol. The molecule has 11 nitrogen and oxygen atoms in total. The van der Waals surface area contributed by atoms with Gasteiger partial charge in [-0.2, -0.15) is 0 Å². The normalized spacial score (nSPS) is 11.6. The molecule has 0 spiro atoms. The average molecular weight is 1520 g/mol. The zero-order valence-corrected chi connectivity index (χ0v) is 61.8. The van der Waals surface area contributed by atoms with Gasteiger partial charge in [-0.15, -0.1) is 0 Å². The highest BCUT2D eigenvalue weighted by molar-refractivity contribution is 9.10. The van der Waals surface area contributed by atoms with E-state index in [-0.39, 0.29) is 21.8 Å². The highest BCUT2D eigenvalue weighted by Crippen LogP contribution is 2.49. The molecule has 14 heteroatoms. The summed E-state index contributed by atoms with van der Waals surface area (Å²) in [5.74, 6) is 0. The lowest BCUT2D eigenvalue weighted by molar-refractivity contribution is -0.384. The molecule has 0 atom stereocenters. The van der Waals surface area contributed by atoms with Gasteiger partial charge in [0.1, 0.15) is 33.5 Å². The molecular weight excluding hydrogens is 1460 g/mol. The van der Waals surface area contributed by atoms with E-state index in [0.717, 1.165) is 82.3 Å². The first-order valence-corrected chi connectivity index (χ1v) is 38.5. The minimum atomic E-state index is -1.80. The van der Waals surface area contributed by atoms with Gasteiger partial charge in [-0.3, -0.25) is 20.2 Å². The van der Waals surface area contributed by atoms with Crippen molar-refractivity contribution in [1.82, 2.24) is 0 Å². The summed E-state index contributed by atoms with van der Waals surface area (Å²) in [5, 5.41) is 64.7. The van der Waals surface area contributed by atoms with Crippen molar-refractivity contribution in [3.05, 3.63) is 394 Å². The Kier molecular flexibility index (Phi) is 18.5. The Morgan fingerprint density at radius 3 is 1.18 bits per heavy atom. The minimum Gasteiger partial charge on any atom is -0.455 e. The second kappa shape index (κ2) is 29.6. The maximum Gasteiger partial charge on any atom is 0.495 e. The molecule has 0 bridgehead atoms. The summed E-state index contributed by atoms with van der Waals surface area (Å²) in [7, 11) is -2.25. The summed E-state index contributed by atoms with van der Waals surface area (Å²) < 4.78 is 19.9. The molecule has 530 valence electrons. The van der Waals surface area contributed by atoms with E-state index in [1.54, 1.807) is 18.2 Å². The molecule has 0 fully saturated rings. The summed E-state index contributed by atoms with van der Waals surface area (Å²) in [6.07, 6.45) is 0.994. The summed E-state index contributed by atoms with van der Waals surface area (Å²) in [4.78, 5) is 20.9. The second-order valence-corrected chi connectivity index (χ2v) is 30.3. The SMILES string of the molecule is Brc1ccc2c(c1)c1ccccc1c1oc3ccccc3c21.O=[N+]([O-])c1ccccc1-c1ccc2c(c1)c1ccccc1c1oc3ccccc3c21.O=[N+]([O-])c1ccccc1B(O)O.c1ccc(P(c2ccccc2)c2ccccc2)cc1.c1ccc2c(c1)Cc1c-2ccc2c1c1ccccc1c1oc3ccccc3c21. The van der Waals surface area contributed by atoms with Gasteiger partial charge < -0.3 is 23.3 Å². The molecule has 1 aliphatic carbocycles. The molecule has 2 N–H and O–H groups in total. The minimum absolute atomic E-state index is 0.0949. The lowest BCUT2D eigenvalue weighted by atomic mass is 9.79.